The number of carbonyl (C=O) groups excluding carboxylic acids is 1. The molecule has 0 aromatic carbocycles. The summed E-state index contributed by atoms with van der Waals surface area (Å²) in [4.78, 5) is 18.5. The smallest absolute Gasteiger partial charge is 0.236 e. The van der Waals surface area contributed by atoms with Gasteiger partial charge >= 0.3 is 0 Å². The number of hydrogen-bond donors (Lipinski definition) is 4. The lowest BCUT2D eigenvalue weighted by molar-refractivity contribution is -0.106. The summed E-state index contributed by atoms with van der Waals surface area (Å²) in [5.74, 6) is -0.768. The number of amides is 1. The molecule has 0 saturated carbocycles. The van der Waals surface area contributed by atoms with Crippen molar-refractivity contribution in [1.82, 2.24) is 4.90 Å². The number of rotatable bonds is 9. The lowest BCUT2D eigenvalue weighted by Gasteiger charge is -2.27. The Morgan fingerprint density at radius 2 is 2.10 bits per heavy atom. The van der Waals surface area contributed by atoms with Crippen molar-refractivity contribution in [2.24, 2.45) is 21.6 Å². The molecule has 3 atom stereocenters. The second-order valence-corrected chi connectivity index (χ2v) is 4.19. The van der Waals surface area contributed by atoms with Gasteiger partial charge in [-0.2, -0.15) is 4.99 Å². The first-order valence-electron chi connectivity index (χ1n) is 5.99. The highest BCUT2D eigenvalue weighted by Gasteiger charge is 2.24. The number of nitrogens with zero attached hydrogens (tertiary/aromatic N) is 3. The van der Waals surface area contributed by atoms with Crippen LogP contribution in [0.15, 0.2) is 9.98 Å². The molecule has 0 rings (SSSR count). The van der Waals surface area contributed by atoms with Crippen molar-refractivity contribution < 1.29 is 24.9 Å². The number of guanidine groups is 1. The van der Waals surface area contributed by atoms with E-state index in [1.54, 1.807) is 14.0 Å². The molecule has 0 radical (unpaired) electrons. The van der Waals surface area contributed by atoms with E-state index >= 15 is 0 Å². The summed E-state index contributed by atoms with van der Waals surface area (Å²) in [5.41, 5.74) is 5.28. The number of hydrogen-bond acceptors (Lipinski definition) is 5. The van der Waals surface area contributed by atoms with E-state index in [1.165, 1.54) is 11.2 Å². The molecule has 0 aliphatic carbocycles. The second-order valence-electron chi connectivity index (χ2n) is 4.19. The van der Waals surface area contributed by atoms with Crippen LogP contribution in [0.2, 0.25) is 0 Å². The van der Waals surface area contributed by atoms with Crippen LogP contribution in [0.25, 0.3) is 0 Å². The summed E-state index contributed by atoms with van der Waals surface area (Å²) in [5, 5.41) is 27.5. The van der Waals surface area contributed by atoms with Crippen molar-refractivity contribution in [2.45, 2.75) is 19.1 Å². The molecule has 9 heteroatoms. The third-order valence-electron chi connectivity index (χ3n) is 2.61. The van der Waals surface area contributed by atoms with Crippen LogP contribution in [0.3, 0.4) is 0 Å². The zero-order valence-corrected chi connectivity index (χ0v) is 11.6. The monoisotopic (exact) mass is 290 g/mol. The van der Waals surface area contributed by atoms with Gasteiger partial charge in [0.15, 0.2) is 0 Å². The third kappa shape index (κ3) is 7.14. The third-order valence-corrected chi connectivity index (χ3v) is 2.61. The molecule has 0 fully saturated rings. The fourth-order valence-electron chi connectivity index (χ4n) is 1.36. The van der Waals surface area contributed by atoms with Gasteiger partial charge in [-0.1, -0.05) is 0 Å². The number of nitrogens with two attached hydrogens (primary N) is 1. The second kappa shape index (κ2) is 10.3. The van der Waals surface area contributed by atoms with Gasteiger partial charge in [-0.25, -0.2) is 4.99 Å². The van der Waals surface area contributed by atoms with E-state index < -0.39 is 24.7 Å². The number of carbonyl (C=O) groups is 1. The predicted octanol–water partition coefficient (Wildman–Crippen LogP) is -2.26. The summed E-state index contributed by atoms with van der Waals surface area (Å²) >= 11 is 0. The summed E-state index contributed by atoms with van der Waals surface area (Å²) in [6.45, 7) is 1.04. The van der Waals surface area contributed by atoms with Crippen molar-refractivity contribution in [3.63, 3.8) is 0 Å². The number of aliphatic imine (C=N–C) groups is 2. The van der Waals surface area contributed by atoms with Gasteiger partial charge in [-0.3, -0.25) is 4.79 Å². The predicted molar refractivity (Wildman–Crippen MR) is 73.0 cm³/mol. The molecule has 2 unspecified atom stereocenters. The Kier molecular flexibility index (Phi) is 9.47. The quantitative estimate of drug-likeness (QED) is 0.162. The molecule has 20 heavy (non-hydrogen) atoms. The van der Waals surface area contributed by atoms with E-state index in [4.69, 9.17) is 20.7 Å². The van der Waals surface area contributed by atoms with Gasteiger partial charge in [0.1, 0.15) is 6.73 Å². The van der Waals surface area contributed by atoms with E-state index in [9.17, 15) is 9.90 Å². The van der Waals surface area contributed by atoms with Crippen molar-refractivity contribution in [3.05, 3.63) is 0 Å². The zero-order chi connectivity index (χ0) is 15.5. The molecule has 0 aliphatic heterocycles. The first-order chi connectivity index (χ1) is 9.46. The Balaban J connectivity index is 4.25. The molecule has 5 N–H and O–H groups in total. The molecule has 0 bridgehead atoms. The van der Waals surface area contributed by atoms with Gasteiger partial charge in [-0.15, -0.1) is 0 Å². The molecule has 0 aliphatic rings. The van der Waals surface area contributed by atoms with Crippen LogP contribution in [0.4, 0.5) is 0 Å². The lowest BCUT2D eigenvalue weighted by Crippen LogP contribution is -2.38. The molecule has 0 aromatic heterocycles. The Hall–Kier alpha value is -1.55. The maximum absolute atomic E-state index is 10.0. The Morgan fingerprint density at radius 1 is 1.45 bits per heavy atom. The van der Waals surface area contributed by atoms with Crippen LogP contribution in [-0.2, 0) is 9.53 Å². The van der Waals surface area contributed by atoms with Gasteiger partial charge < -0.3 is 30.7 Å². The molecule has 0 saturated heterocycles. The van der Waals surface area contributed by atoms with Crippen molar-refractivity contribution >= 4 is 18.7 Å². The average Bonchev–Trinajstić information content (AvgIpc) is 2.43. The highest BCUT2D eigenvalue weighted by atomic mass is 16.5. The maximum Gasteiger partial charge on any atom is 0.236 e. The minimum Gasteiger partial charge on any atom is -0.396 e. The highest BCUT2D eigenvalue weighted by Crippen LogP contribution is 2.12. The summed E-state index contributed by atoms with van der Waals surface area (Å²) < 4.78 is 5.43. The zero-order valence-electron chi connectivity index (χ0n) is 11.6. The summed E-state index contributed by atoms with van der Waals surface area (Å²) in [6, 6.07) is 0. The van der Waals surface area contributed by atoms with Gasteiger partial charge in [0.2, 0.25) is 12.4 Å². The van der Waals surface area contributed by atoms with Crippen molar-refractivity contribution in [3.8, 4) is 0 Å². The Bertz CT molecular complexity index is 337. The summed E-state index contributed by atoms with van der Waals surface area (Å²) in [6.07, 6.45) is 0.0853. The first-order valence-corrected chi connectivity index (χ1v) is 5.99. The molecule has 116 valence electrons. The van der Waals surface area contributed by atoms with Gasteiger partial charge in [0.05, 0.1) is 31.8 Å². The SMILES string of the molecule is CC(OCN(C)/C=N\C(N)=N/C=O)[C@H](CO)C(O)CO. The van der Waals surface area contributed by atoms with Crippen LogP contribution < -0.4 is 5.73 Å². The largest absolute Gasteiger partial charge is 0.396 e. The summed E-state index contributed by atoms with van der Waals surface area (Å²) in [7, 11) is 1.65. The Labute approximate surface area is 117 Å². The fourth-order valence-corrected chi connectivity index (χ4v) is 1.36. The molecule has 1 amide bonds. The molecule has 0 aromatic rings. The Morgan fingerprint density at radius 3 is 2.60 bits per heavy atom. The minimum absolute atomic E-state index is 0.119. The van der Waals surface area contributed by atoms with Crippen LogP contribution in [-0.4, -0.2) is 78.1 Å². The van der Waals surface area contributed by atoms with Gasteiger partial charge in [0, 0.05) is 13.0 Å². The van der Waals surface area contributed by atoms with Crippen LogP contribution in [0.5, 0.6) is 0 Å². The number of aliphatic hydroxyl groups excluding tert-OH is 3. The molecule has 9 nitrogen and oxygen atoms in total. The number of aliphatic hydroxyl groups is 3. The molecular formula is C11H22N4O5. The topological polar surface area (TPSA) is 141 Å². The van der Waals surface area contributed by atoms with Crippen molar-refractivity contribution in [2.75, 3.05) is 27.0 Å². The maximum atomic E-state index is 10.0. The lowest BCUT2D eigenvalue weighted by atomic mass is 9.98. The first kappa shape index (κ1) is 18.4. The molecular weight excluding hydrogens is 268 g/mol. The molecule has 0 heterocycles. The average molecular weight is 290 g/mol. The van der Waals surface area contributed by atoms with E-state index in [0.717, 1.165) is 0 Å². The number of ether oxygens (including phenoxy) is 1. The normalized spacial score (nSPS) is 16.9. The van der Waals surface area contributed by atoms with E-state index in [2.05, 4.69) is 9.98 Å². The van der Waals surface area contributed by atoms with Crippen LogP contribution in [0, 0.1) is 5.92 Å². The van der Waals surface area contributed by atoms with Gasteiger partial charge in [-0.05, 0) is 6.92 Å². The van der Waals surface area contributed by atoms with Crippen molar-refractivity contribution in [1.29, 1.82) is 0 Å². The minimum atomic E-state index is -1.05. The van der Waals surface area contributed by atoms with E-state index in [0.29, 0.717) is 0 Å². The van der Waals surface area contributed by atoms with E-state index in [-0.39, 0.29) is 25.7 Å². The van der Waals surface area contributed by atoms with Crippen LogP contribution in [0.1, 0.15) is 6.92 Å². The van der Waals surface area contributed by atoms with Crippen LogP contribution >= 0.6 is 0 Å². The standard InChI is InChI=1S/C11H22N4O5/c1-8(9(3-16)10(19)4-17)20-7-15(2)5-13-11(12)14-6-18/h5-6,8-10,16-17,19H,3-4,7H2,1-2H3,(H2,12,14,18)/b13-5-/t8?,9-,10?/m0/s1. The highest BCUT2D eigenvalue weighted by molar-refractivity contribution is 5.89. The van der Waals surface area contributed by atoms with E-state index in [1.807, 2.05) is 0 Å². The molecule has 0 spiro atoms. The fraction of sp³-hybridized carbons (Fsp3) is 0.727. The van der Waals surface area contributed by atoms with Gasteiger partial charge in [0.25, 0.3) is 0 Å².